The van der Waals surface area contributed by atoms with Crippen LogP contribution in [0.25, 0.3) is 0 Å². The molecule has 0 saturated carbocycles. The number of benzene rings is 3. The summed E-state index contributed by atoms with van der Waals surface area (Å²) >= 11 is 1.59. The minimum Gasteiger partial charge on any atom is -0.389 e. The second-order valence-electron chi connectivity index (χ2n) is 13.2. The van der Waals surface area contributed by atoms with Gasteiger partial charge < -0.3 is 20.6 Å². The zero-order chi connectivity index (χ0) is 32.2. The lowest BCUT2D eigenvalue weighted by molar-refractivity contribution is 0.0554. The van der Waals surface area contributed by atoms with Crippen molar-refractivity contribution < 1.29 is 14.7 Å². The number of aryl methyl sites for hydroxylation is 1. The first kappa shape index (κ1) is 32.5. The van der Waals surface area contributed by atoms with E-state index in [1.807, 2.05) is 54.5 Å². The van der Waals surface area contributed by atoms with Gasteiger partial charge >= 0.3 is 0 Å². The summed E-state index contributed by atoms with van der Waals surface area (Å²) in [4.78, 5) is 33.9. The Morgan fingerprint density at radius 1 is 0.978 bits per heavy atom. The van der Waals surface area contributed by atoms with Crippen molar-refractivity contribution in [3.63, 3.8) is 0 Å². The Morgan fingerprint density at radius 2 is 1.69 bits per heavy atom. The first-order valence-electron chi connectivity index (χ1n) is 15.6. The van der Waals surface area contributed by atoms with Crippen LogP contribution in [0.5, 0.6) is 0 Å². The van der Waals surface area contributed by atoms with Crippen LogP contribution in [0.2, 0.25) is 0 Å². The van der Waals surface area contributed by atoms with Gasteiger partial charge in [0.05, 0.1) is 17.7 Å². The SMILES string of the molecule is Cc1csc([C@H]2CCCN2C(=O)c2cccc(C(=O)N[C@@](C)(c3ccccc3)[C@H](O)CNCc3cccc(C(C)(C)C)c3)c2)n1. The van der Waals surface area contributed by atoms with E-state index in [2.05, 4.69) is 60.7 Å². The monoisotopic (exact) mass is 624 g/mol. The number of carbonyl (C=O) groups is 2. The summed E-state index contributed by atoms with van der Waals surface area (Å²) in [5.74, 6) is -0.466. The third-order valence-electron chi connectivity index (χ3n) is 8.68. The number of nitrogens with zero attached hydrogens (tertiary/aromatic N) is 2. The number of hydrogen-bond donors (Lipinski definition) is 3. The average molecular weight is 625 g/mol. The predicted molar refractivity (Wildman–Crippen MR) is 180 cm³/mol. The Labute approximate surface area is 270 Å². The Morgan fingerprint density at radius 3 is 2.40 bits per heavy atom. The van der Waals surface area contributed by atoms with E-state index in [4.69, 9.17) is 0 Å². The Bertz CT molecular complexity index is 1630. The summed E-state index contributed by atoms with van der Waals surface area (Å²) in [7, 11) is 0. The van der Waals surface area contributed by atoms with Crippen molar-refractivity contribution in [1.29, 1.82) is 0 Å². The van der Waals surface area contributed by atoms with Gasteiger partial charge in [0, 0.05) is 41.8 Å². The van der Waals surface area contributed by atoms with Crippen molar-refractivity contribution in [2.24, 2.45) is 0 Å². The second-order valence-corrected chi connectivity index (χ2v) is 14.1. The highest BCUT2D eigenvalue weighted by Crippen LogP contribution is 2.35. The zero-order valence-electron chi connectivity index (χ0n) is 26.8. The first-order chi connectivity index (χ1) is 21.5. The predicted octanol–water partition coefficient (Wildman–Crippen LogP) is 6.52. The van der Waals surface area contributed by atoms with Gasteiger partial charge in [-0.3, -0.25) is 9.59 Å². The molecule has 4 aromatic rings. The van der Waals surface area contributed by atoms with Crippen LogP contribution in [0.3, 0.4) is 0 Å². The molecule has 1 aromatic heterocycles. The average Bonchev–Trinajstić information content (AvgIpc) is 3.70. The fourth-order valence-electron chi connectivity index (χ4n) is 5.90. The molecule has 1 saturated heterocycles. The van der Waals surface area contributed by atoms with Crippen LogP contribution >= 0.6 is 11.3 Å². The standard InChI is InChI=1S/C37H44N4O3S/c1-25-24-45-34(39-25)31-18-11-19-41(31)35(44)28-14-10-13-27(21-28)33(43)40-37(5,29-15-7-6-8-16-29)32(42)23-38-22-26-12-9-17-30(20-26)36(2,3)4/h6-10,12-17,20-21,24,31-32,38,42H,11,18-19,22-23H2,1-5H3,(H,40,43)/t31-,32-,37+/m1/s1. The number of carbonyl (C=O) groups excluding carboxylic acids is 2. The molecule has 7 nitrogen and oxygen atoms in total. The van der Waals surface area contributed by atoms with E-state index in [9.17, 15) is 14.7 Å². The number of aliphatic hydroxyl groups excluding tert-OH is 1. The molecule has 0 radical (unpaired) electrons. The van der Waals surface area contributed by atoms with E-state index >= 15 is 0 Å². The van der Waals surface area contributed by atoms with E-state index < -0.39 is 11.6 Å². The van der Waals surface area contributed by atoms with Crippen LogP contribution in [0.1, 0.15) is 94.7 Å². The maximum absolute atomic E-state index is 13.8. The molecule has 2 heterocycles. The van der Waals surface area contributed by atoms with Crippen LogP contribution in [-0.2, 0) is 17.5 Å². The molecule has 0 aliphatic carbocycles. The van der Waals surface area contributed by atoms with Crippen LogP contribution in [-0.4, -0.2) is 46.0 Å². The van der Waals surface area contributed by atoms with Gasteiger partial charge in [0.1, 0.15) is 5.01 Å². The molecule has 1 aliphatic heterocycles. The minimum absolute atomic E-state index is 0.0458. The van der Waals surface area contributed by atoms with Crippen molar-refractivity contribution in [3.8, 4) is 0 Å². The second kappa shape index (κ2) is 13.6. The molecule has 1 aliphatic rings. The van der Waals surface area contributed by atoms with Gasteiger partial charge in [0.2, 0.25) is 0 Å². The summed E-state index contributed by atoms with van der Waals surface area (Å²) < 4.78 is 0. The third-order valence-corrected chi connectivity index (χ3v) is 9.74. The lowest BCUT2D eigenvalue weighted by Crippen LogP contribution is -2.55. The topological polar surface area (TPSA) is 94.6 Å². The largest absolute Gasteiger partial charge is 0.389 e. The molecule has 3 atom stereocenters. The molecule has 0 spiro atoms. The van der Waals surface area contributed by atoms with Gasteiger partial charge in [-0.25, -0.2) is 4.98 Å². The number of nitrogens with one attached hydrogen (secondary N) is 2. The number of amides is 2. The van der Waals surface area contributed by atoms with E-state index in [0.29, 0.717) is 24.2 Å². The van der Waals surface area contributed by atoms with Crippen LogP contribution in [0, 0.1) is 6.92 Å². The van der Waals surface area contributed by atoms with Crippen LogP contribution < -0.4 is 10.6 Å². The maximum Gasteiger partial charge on any atom is 0.254 e. The lowest BCUT2D eigenvalue weighted by atomic mass is 9.85. The normalized spacial score (nSPS) is 17.1. The number of hydrogen-bond acceptors (Lipinski definition) is 6. The molecule has 2 amide bonds. The molecule has 1 fully saturated rings. The third kappa shape index (κ3) is 7.52. The van der Waals surface area contributed by atoms with Gasteiger partial charge in [0.25, 0.3) is 11.8 Å². The van der Waals surface area contributed by atoms with Crippen molar-refractivity contribution in [2.45, 2.75) is 77.1 Å². The quantitative estimate of drug-likeness (QED) is 0.187. The molecule has 236 valence electrons. The smallest absolute Gasteiger partial charge is 0.254 e. The molecule has 3 aromatic carbocycles. The fourth-order valence-corrected chi connectivity index (χ4v) is 6.84. The summed E-state index contributed by atoms with van der Waals surface area (Å²) in [5, 5.41) is 21.0. The van der Waals surface area contributed by atoms with Crippen molar-refractivity contribution >= 4 is 23.2 Å². The number of aliphatic hydroxyl groups is 1. The van der Waals surface area contributed by atoms with E-state index in [-0.39, 0.29) is 29.8 Å². The molecule has 8 heteroatoms. The van der Waals surface area contributed by atoms with Gasteiger partial charge in [-0.05, 0) is 67.0 Å². The fraction of sp³-hybridized carbons (Fsp3) is 0.378. The van der Waals surface area contributed by atoms with Gasteiger partial charge in [-0.15, -0.1) is 11.3 Å². The lowest BCUT2D eigenvalue weighted by Gasteiger charge is -2.36. The van der Waals surface area contributed by atoms with E-state index in [1.165, 1.54) is 5.56 Å². The summed E-state index contributed by atoms with van der Waals surface area (Å²) in [6, 6.07) is 24.8. The van der Waals surface area contributed by atoms with Gasteiger partial charge in [0.15, 0.2) is 0 Å². The van der Waals surface area contributed by atoms with E-state index in [0.717, 1.165) is 34.7 Å². The molecule has 5 rings (SSSR count). The first-order valence-corrected chi connectivity index (χ1v) is 16.5. The molecular formula is C37H44N4O3S. The number of likely N-dealkylation sites (tertiary alicyclic amines) is 1. The summed E-state index contributed by atoms with van der Waals surface area (Å²) in [6.45, 7) is 11.9. The Kier molecular flexibility index (Phi) is 9.87. The molecule has 3 N–H and O–H groups in total. The maximum atomic E-state index is 13.8. The van der Waals surface area contributed by atoms with E-state index in [1.54, 1.807) is 35.6 Å². The highest BCUT2D eigenvalue weighted by molar-refractivity contribution is 7.09. The van der Waals surface area contributed by atoms with Gasteiger partial charge in [-0.2, -0.15) is 0 Å². The van der Waals surface area contributed by atoms with Crippen molar-refractivity contribution in [3.05, 3.63) is 123 Å². The zero-order valence-corrected chi connectivity index (χ0v) is 27.7. The Balaban J connectivity index is 1.31. The number of aromatic nitrogens is 1. The molecule has 45 heavy (non-hydrogen) atoms. The van der Waals surface area contributed by atoms with Gasteiger partial charge in [-0.1, -0.05) is 81.4 Å². The minimum atomic E-state index is -1.10. The van der Waals surface area contributed by atoms with Crippen LogP contribution in [0.4, 0.5) is 0 Å². The Hall–Kier alpha value is -3.85. The number of thiazole rings is 1. The molecular weight excluding hydrogens is 580 g/mol. The van der Waals surface area contributed by atoms with Crippen molar-refractivity contribution in [2.75, 3.05) is 13.1 Å². The molecule has 0 bridgehead atoms. The summed E-state index contributed by atoms with van der Waals surface area (Å²) in [5.41, 5.74) is 3.91. The number of rotatable bonds is 10. The molecule has 0 unspecified atom stereocenters. The van der Waals surface area contributed by atoms with Crippen LogP contribution in [0.15, 0.2) is 84.2 Å². The highest BCUT2D eigenvalue weighted by atomic mass is 32.1. The van der Waals surface area contributed by atoms with Crippen molar-refractivity contribution in [1.82, 2.24) is 20.5 Å². The highest BCUT2D eigenvalue weighted by Gasteiger charge is 2.37. The summed E-state index contributed by atoms with van der Waals surface area (Å²) in [6.07, 6.45) is 0.854.